The van der Waals surface area contributed by atoms with Crippen molar-refractivity contribution in [2.24, 2.45) is 0 Å². The van der Waals surface area contributed by atoms with Gasteiger partial charge < -0.3 is 4.74 Å². The maximum atomic E-state index is 12.5. The molecule has 4 heteroatoms. The lowest BCUT2D eigenvalue weighted by atomic mass is 10.0. The molecule has 1 fully saturated rings. The lowest BCUT2D eigenvalue weighted by Gasteiger charge is -2.34. The highest BCUT2D eigenvalue weighted by Crippen LogP contribution is 2.14. The van der Waals surface area contributed by atoms with Gasteiger partial charge in [-0.1, -0.05) is 72.8 Å². The molecular formula is C26H28N2O2. The van der Waals surface area contributed by atoms with Gasteiger partial charge in [-0.15, -0.1) is 0 Å². The summed E-state index contributed by atoms with van der Waals surface area (Å²) in [5.74, 6) is 1.01. The van der Waals surface area contributed by atoms with E-state index in [2.05, 4.69) is 21.9 Å². The summed E-state index contributed by atoms with van der Waals surface area (Å²) in [4.78, 5) is 17.5. The van der Waals surface area contributed by atoms with Gasteiger partial charge in [-0.3, -0.25) is 14.6 Å². The molecule has 0 radical (unpaired) electrons. The minimum absolute atomic E-state index is 0.0773. The second-order valence-corrected chi connectivity index (χ2v) is 7.67. The average Bonchev–Trinajstić information content (AvgIpc) is 2.81. The highest BCUT2D eigenvalue weighted by atomic mass is 16.5. The molecule has 3 aromatic carbocycles. The summed E-state index contributed by atoms with van der Waals surface area (Å²) in [7, 11) is 0. The van der Waals surface area contributed by atoms with Gasteiger partial charge in [0.1, 0.15) is 12.4 Å². The van der Waals surface area contributed by atoms with Crippen molar-refractivity contribution in [3.8, 4) is 5.75 Å². The third-order valence-electron chi connectivity index (χ3n) is 5.54. The highest BCUT2D eigenvalue weighted by molar-refractivity contribution is 6.08. The third kappa shape index (κ3) is 5.56. The van der Waals surface area contributed by atoms with Crippen LogP contribution in [-0.4, -0.2) is 54.9 Å². The molecule has 0 atom stereocenters. The van der Waals surface area contributed by atoms with Gasteiger partial charge in [-0.05, 0) is 17.7 Å². The lowest BCUT2D eigenvalue weighted by molar-refractivity contribution is 0.103. The number of ketones is 1. The van der Waals surface area contributed by atoms with Crippen LogP contribution in [0.5, 0.6) is 5.75 Å². The molecule has 4 rings (SSSR count). The molecule has 154 valence electrons. The second kappa shape index (κ2) is 10.2. The smallest absolute Gasteiger partial charge is 0.193 e. The third-order valence-corrected chi connectivity index (χ3v) is 5.54. The molecule has 1 heterocycles. The van der Waals surface area contributed by atoms with E-state index in [1.165, 1.54) is 5.56 Å². The summed E-state index contributed by atoms with van der Waals surface area (Å²) in [6.07, 6.45) is 0. The number of piperazine rings is 1. The molecule has 30 heavy (non-hydrogen) atoms. The number of para-hydroxylation sites is 1. The van der Waals surface area contributed by atoms with Crippen LogP contribution in [0.2, 0.25) is 0 Å². The molecule has 1 aliphatic rings. The van der Waals surface area contributed by atoms with Crippen molar-refractivity contribution in [3.63, 3.8) is 0 Å². The van der Waals surface area contributed by atoms with Gasteiger partial charge in [-0.2, -0.15) is 0 Å². The number of carbonyl (C=O) groups is 1. The first-order chi connectivity index (χ1) is 14.8. The van der Waals surface area contributed by atoms with Gasteiger partial charge in [0.2, 0.25) is 0 Å². The molecule has 4 nitrogen and oxygen atoms in total. The SMILES string of the molecule is O=C(c1ccccc1)c1ccc(CN2CCN(CCOc3ccccc3)CC2)cc1. The monoisotopic (exact) mass is 400 g/mol. The van der Waals surface area contributed by atoms with Crippen molar-refractivity contribution in [1.82, 2.24) is 9.80 Å². The molecule has 0 amide bonds. The fraction of sp³-hybridized carbons (Fsp3) is 0.269. The number of rotatable bonds is 8. The summed E-state index contributed by atoms with van der Waals surface area (Å²) < 4.78 is 5.81. The average molecular weight is 401 g/mol. The number of nitrogens with zero attached hydrogens (tertiary/aromatic N) is 2. The standard InChI is InChI=1S/C26H28N2O2/c29-26(23-7-3-1-4-8-23)24-13-11-22(12-14-24)21-28-17-15-27(16-18-28)19-20-30-25-9-5-2-6-10-25/h1-14H,15-21H2. The predicted molar refractivity (Wildman–Crippen MR) is 120 cm³/mol. The van der Waals surface area contributed by atoms with Crippen molar-refractivity contribution >= 4 is 5.78 Å². The van der Waals surface area contributed by atoms with E-state index in [9.17, 15) is 4.79 Å². The number of benzene rings is 3. The summed E-state index contributed by atoms with van der Waals surface area (Å²) in [5.41, 5.74) is 2.73. The lowest BCUT2D eigenvalue weighted by Crippen LogP contribution is -2.47. The summed E-state index contributed by atoms with van der Waals surface area (Å²) >= 11 is 0. The first-order valence-electron chi connectivity index (χ1n) is 10.6. The van der Waals surface area contributed by atoms with E-state index in [1.54, 1.807) is 0 Å². The Morgan fingerprint density at radius 3 is 1.93 bits per heavy atom. The second-order valence-electron chi connectivity index (χ2n) is 7.67. The Kier molecular flexibility index (Phi) is 6.91. The van der Waals surface area contributed by atoms with E-state index >= 15 is 0 Å². The van der Waals surface area contributed by atoms with Gasteiger partial charge in [0.15, 0.2) is 5.78 Å². The molecule has 1 saturated heterocycles. The minimum Gasteiger partial charge on any atom is -0.492 e. The zero-order valence-electron chi connectivity index (χ0n) is 17.2. The number of hydrogen-bond donors (Lipinski definition) is 0. The summed E-state index contributed by atoms with van der Waals surface area (Å²) in [6, 6.07) is 27.5. The maximum Gasteiger partial charge on any atom is 0.193 e. The molecule has 0 aliphatic carbocycles. The van der Waals surface area contributed by atoms with Crippen LogP contribution in [0.3, 0.4) is 0 Å². The molecule has 0 N–H and O–H groups in total. The van der Waals surface area contributed by atoms with Crippen LogP contribution < -0.4 is 4.74 Å². The fourth-order valence-corrected chi connectivity index (χ4v) is 3.76. The predicted octanol–water partition coefficient (Wildman–Crippen LogP) is 4.11. The normalized spacial score (nSPS) is 15.1. The Morgan fingerprint density at radius 1 is 0.700 bits per heavy atom. The van der Waals surface area contributed by atoms with E-state index in [1.807, 2.05) is 72.8 Å². The Balaban J connectivity index is 1.21. The van der Waals surface area contributed by atoms with E-state index in [0.717, 1.165) is 62.8 Å². The van der Waals surface area contributed by atoms with Gasteiger partial charge in [-0.25, -0.2) is 0 Å². The van der Waals surface area contributed by atoms with Crippen LogP contribution in [0.15, 0.2) is 84.9 Å². The van der Waals surface area contributed by atoms with Crippen LogP contribution in [-0.2, 0) is 6.54 Å². The van der Waals surface area contributed by atoms with Crippen LogP contribution in [0.1, 0.15) is 21.5 Å². The summed E-state index contributed by atoms with van der Waals surface area (Å²) in [6.45, 7) is 6.83. The molecule has 3 aromatic rings. The van der Waals surface area contributed by atoms with Crippen LogP contribution in [0.25, 0.3) is 0 Å². The molecule has 1 aliphatic heterocycles. The quantitative estimate of drug-likeness (QED) is 0.533. The minimum atomic E-state index is 0.0773. The zero-order chi connectivity index (χ0) is 20.6. The van der Waals surface area contributed by atoms with Crippen LogP contribution >= 0.6 is 0 Å². The van der Waals surface area contributed by atoms with E-state index in [-0.39, 0.29) is 5.78 Å². The first kappa shape index (κ1) is 20.3. The number of carbonyl (C=O) groups excluding carboxylic acids is 1. The van der Waals surface area contributed by atoms with Gasteiger partial charge in [0.25, 0.3) is 0 Å². The topological polar surface area (TPSA) is 32.8 Å². The van der Waals surface area contributed by atoms with Gasteiger partial charge >= 0.3 is 0 Å². The molecule has 0 spiro atoms. The summed E-state index contributed by atoms with van der Waals surface area (Å²) in [5, 5.41) is 0. The van der Waals surface area contributed by atoms with Crippen LogP contribution in [0, 0.1) is 0 Å². The highest BCUT2D eigenvalue weighted by Gasteiger charge is 2.17. The van der Waals surface area contributed by atoms with E-state index in [4.69, 9.17) is 4.74 Å². The number of ether oxygens (including phenoxy) is 1. The maximum absolute atomic E-state index is 12.5. The molecule has 0 saturated carbocycles. The van der Waals surface area contributed by atoms with Gasteiger partial charge in [0, 0.05) is 50.4 Å². The van der Waals surface area contributed by atoms with Crippen molar-refractivity contribution in [2.45, 2.75) is 6.54 Å². The zero-order valence-corrected chi connectivity index (χ0v) is 17.2. The Labute approximate surface area is 178 Å². The molecule has 0 bridgehead atoms. The van der Waals surface area contributed by atoms with Crippen LogP contribution in [0.4, 0.5) is 0 Å². The van der Waals surface area contributed by atoms with Crippen molar-refractivity contribution in [1.29, 1.82) is 0 Å². The fourth-order valence-electron chi connectivity index (χ4n) is 3.76. The molecule has 0 unspecified atom stereocenters. The molecule has 0 aromatic heterocycles. The Bertz CT molecular complexity index is 918. The Morgan fingerprint density at radius 2 is 1.27 bits per heavy atom. The number of hydrogen-bond acceptors (Lipinski definition) is 4. The Hall–Kier alpha value is -2.95. The van der Waals surface area contributed by atoms with Crippen molar-refractivity contribution < 1.29 is 9.53 Å². The van der Waals surface area contributed by atoms with Crippen molar-refractivity contribution in [3.05, 3.63) is 102 Å². The largest absolute Gasteiger partial charge is 0.492 e. The van der Waals surface area contributed by atoms with Crippen molar-refractivity contribution in [2.75, 3.05) is 39.3 Å². The van der Waals surface area contributed by atoms with E-state index < -0.39 is 0 Å². The first-order valence-corrected chi connectivity index (χ1v) is 10.6. The van der Waals surface area contributed by atoms with Gasteiger partial charge in [0.05, 0.1) is 0 Å². The van der Waals surface area contributed by atoms with E-state index in [0.29, 0.717) is 0 Å². The molecular weight excluding hydrogens is 372 g/mol.